The third-order valence-corrected chi connectivity index (χ3v) is 9.73. The van der Waals surface area contributed by atoms with Crippen molar-refractivity contribution in [1.82, 2.24) is 14.7 Å². The molecule has 0 unspecified atom stereocenters. The summed E-state index contributed by atoms with van der Waals surface area (Å²) in [5.41, 5.74) is -0.963. The number of benzene rings is 1. The van der Waals surface area contributed by atoms with Gasteiger partial charge in [0.25, 0.3) is 0 Å². The number of carbonyl (C=O) groups is 1. The van der Waals surface area contributed by atoms with Gasteiger partial charge in [0.1, 0.15) is 22.6 Å². The molecule has 2 heterocycles. The highest BCUT2D eigenvalue weighted by molar-refractivity contribution is 7.85. The van der Waals surface area contributed by atoms with E-state index < -0.39 is 56.9 Å². The molecule has 1 aliphatic rings. The topological polar surface area (TPSA) is 148 Å². The molecule has 2 aromatic heterocycles. The smallest absolute Gasteiger partial charge is 0.390 e. The summed E-state index contributed by atoms with van der Waals surface area (Å²) in [5, 5.41) is 13.2. The lowest BCUT2D eigenvalue weighted by atomic mass is 10.1. The number of hydrogen-bond donors (Lipinski definition) is 3. The molecule has 0 aliphatic heterocycles. The normalized spacial score (nSPS) is 20.6. The molecule has 0 saturated heterocycles. The van der Waals surface area contributed by atoms with E-state index in [2.05, 4.69) is 15.3 Å². The van der Waals surface area contributed by atoms with Crippen LogP contribution in [0, 0.1) is 0 Å². The molecule has 0 amide bonds. The van der Waals surface area contributed by atoms with Crippen molar-refractivity contribution in [2.45, 2.75) is 47.1 Å². The minimum absolute atomic E-state index is 0.00789. The number of halogens is 4. The van der Waals surface area contributed by atoms with E-state index in [1.54, 1.807) is 0 Å². The van der Waals surface area contributed by atoms with E-state index in [1.165, 1.54) is 31.7 Å². The lowest BCUT2D eigenvalue weighted by Gasteiger charge is -2.15. The monoisotopic (exact) mass is 624 g/mol. The van der Waals surface area contributed by atoms with Gasteiger partial charge in [0.15, 0.2) is 0 Å². The van der Waals surface area contributed by atoms with Crippen molar-refractivity contribution >= 4 is 55.6 Å². The van der Waals surface area contributed by atoms with Gasteiger partial charge in [-0.2, -0.15) is 26.3 Å². The predicted octanol–water partition coefficient (Wildman–Crippen LogP) is 3.39. The van der Waals surface area contributed by atoms with Gasteiger partial charge >= 0.3 is 16.5 Å². The molecule has 3 N–H and O–H groups in total. The Kier molecular flexibility index (Phi) is 8.75. The van der Waals surface area contributed by atoms with Gasteiger partial charge in [-0.05, 0) is 37.1 Å². The first-order valence-corrected chi connectivity index (χ1v) is 14.8. The largest absolute Gasteiger partial charge is 0.416 e. The van der Waals surface area contributed by atoms with E-state index >= 15 is 0 Å². The Labute approximate surface area is 232 Å². The molecule has 1 aromatic carbocycles. The number of nitrogens with one attached hydrogen (secondary N) is 2. The lowest BCUT2D eigenvalue weighted by Crippen LogP contribution is -2.31. The zero-order valence-electron chi connectivity index (χ0n) is 19.8. The number of anilines is 1. The number of rotatable bonds is 9. The lowest BCUT2D eigenvalue weighted by molar-refractivity contribution is -0.137. The average molecular weight is 625 g/mol. The Balaban J connectivity index is 1.54. The van der Waals surface area contributed by atoms with Crippen molar-refractivity contribution in [3.63, 3.8) is 0 Å². The maximum absolute atomic E-state index is 13.3. The number of hydrogen-bond acceptors (Lipinski definition) is 10. The molecule has 0 bridgehead atoms. The van der Waals surface area contributed by atoms with Gasteiger partial charge in [0.2, 0.25) is 5.78 Å². The summed E-state index contributed by atoms with van der Waals surface area (Å²) >= 11 is 7.03. The number of thiophene rings is 1. The fourth-order valence-corrected chi connectivity index (χ4v) is 7.21. The van der Waals surface area contributed by atoms with E-state index in [-0.39, 0.29) is 43.2 Å². The molecular formula is C22H20ClF3N4O6S3. The Morgan fingerprint density at radius 3 is 2.72 bits per heavy atom. The van der Waals surface area contributed by atoms with Gasteiger partial charge < -0.3 is 10.4 Å². The van der Waals surface area contributed by atoms with Crippen LogP contribution in [0.15, 0.2) is 52.6 Å². The third-order valence-electron chi connectivity index (χ3n) is 5.72. The Morgan fingerprint density at radius 2 is 2.03 bits per heavy atom. The highest BCUT2D eigenvalue weighted by Gasteiger charge is 2.37. The summed E-state index contributed by atoms with van der Waals surface area (Å²) in [6.07, 6.45) is -4.14. The molecule has 210 valence electrons. The van der Waals surface area contributed by atoms with Crippen LogP contribution in [-0.4, -0.2) is 58.8 Å². The van der Waals surface area contributed by atoms with E-state index in [9.17, 15) is 35.7 Å². The van der Waals surface area contributed by atoms with Gasteiger partial charge in [-0.15, -0.1) is 11.3 Å². The standard InChI is InChI=1S/C22H20ClF3N4O6S3/c1-27-39(34,35)36-16-7-12(6-15(16)31)30-21-14(9-28-10-29-21)19(32)17-8-18(20(23)37-17)38(33)13-4-2-3-11(5-13)22(24,25)26/h2-5,8-10,12,15-16,27,31H,6-7H2,1H3,(H,28,29,30)/t12-,15+,16-,38-/m1/s1. The van der Waals surface area contributed by atoms with E-state index in [4.69, 9.17) is 15.8 Å². The molecule has 0 spiro atoms. The number of ketones is 1. The highest BCUT2D eigenvalue weighted by atomic mass is 35.5. The second-order valence-electron chi connectivity index (χ2n) is 8.33. The average Bonchev–Trinajstić information content (AvgIpc) is 3.44. The van der Waals surface area contributed by atoms with Crippen LogP contribution in [0.2, 0.25) is 4.34 Å². The van der Waals surface area contributed by atoms with Gasteiger partial charge in [0, 0.05) is 24.2 Å². The molecule has 3 aromatic rings. The summed E-state index contributed by atoms with van der Waals surface area (Å²) in [4.78, 5) is 21.2. The Bertz CT molecular complexity index is 1520. The van der Waals surface area contributed by atoms with Crippen molar-refractivity contribution in [3.8, 4) is 0 Å². The second-order valence-corrected chi connectivity index (χ2v) is 12.9. The zero-order valence-corrected chi connectivity index (χ0v) is 23.0. The van der Waals surface area contributed by atoms with Gasteiger partial charge in [-0.3, -0.25) is 8.98 Å². The molecule has 1 aliphatic carbocycles. The number of aliphatic hydroxyl groups is 1. The molecule has 17 heteroatoms. The molecule has 0 radical (unpaired) electrons. The third kappa shape index (κ3) is 6.82. The van der Waals surface area contributed by atoms with Crippen LogP contribution in [-0.2, 0) is 31.5 Å². The van der Waals surface area contributed by atoms with E-state index in [0.717, 1.165) is 29.5 Å². The highest BCUT2D eigenvalue weighted by Crippen LogP contribution is 2.36. The molecule has 4 rings (SSSR count). The van der Waals surface area contributed by atoms with Crippen LogP contribution in [0.1, 0.15) is 33.6 Å². The van der Waals surface area contributed by atoms with E-state index in [1.807, 2.05) is 4.72 Å². The summed E-state index contributed by atoms with van der Waals surface area (Å²) in [6, 6.07) is 4.75. The molecule has 10 nitrogen and oxygen atoms in total. The summed E-state index contributed by atoms with van der Waals surface area (Å²) in [6.45, 7) is 0. The van der Waals surface area contributed by atoms with Gasteiger partial charge in [-0.1, -0.05) is 17.7 Å². The molecule has 1 fully saturated rings. The summed E-state index contributed by atoms with van der Waals surface area (Å²) in [5.74, 6) is -0.504. The number of alkyl halides is 3. The maximum atomic E-state index is 13.3. The van der Waals surface area contributed by atoms with Crippen LogP contribution in [0.4, 0.5) is 19.0 Å². The van der Waals surface area contributed by atoms with Gasteiger partial charge in [0.05, 0.1) is 37.8 Å². The predicted molar refractivity (Wildman–Crippen MR) is 136 cm³/mol. The fraction of sp³-hybridized carbons (Fsp3) is 0.318. The van der Waals surface area contributed by atoms with Crippen LogP contribution >= 0.6 is 22.9 Å². The van der Waals surface area contributed by atoms with Crippen LogP contribution in [0.3, 0.4) is 0 Å². The fourth-order valence-electron chi connectivity index (χ4n) is 3.85. The van der Waals surface area contributed by atoms with Crippen LogP contribution in [0.25, 0.3) is 0 Å². The Morgan fingerprint density at radius 1 is 1.28 bits per heavy atom. The zero-order chi connectivity index (χ0) is 28.5. The summed E-state index contributed by atoms with van der Waals surface area (Å²) in [7, 11) is -4.97. The van der Waals surface area contributed by atoms with Crippen LogP contribution < -0.4 is 10.0 Å². The first-order chi connectivity index (χ1) is 18.3. The number of nitrogens with zero attached hydrogens (tertiary/aromatic N) is 2. The molecule has 39 heavy (non-hydrogen) atoms. The second kappa shape index (κ2) is 11.6. The van der Waals surface area contributed by atoms with Crippen molar-refractivity contribution in [2.75, 3.05) is 12.4 Å². The van der Waals surface area contributed by atoms with Gasteiger partial charge in [-0.25, -0.2) is 14.2 Å². The van der Waals surface area contributed by atoms with Crippen molar-refractivity contribution in [2.24, 2.45) is 0 Å². The van der Waals surface area contributed by atoms with Crippen molar-refractivity contribution in [1.29, 1.82) is 0 Å². The quantitative estimate of drug-likeness (QED) is 0.305. The summed E-state index contributed by atoms with van der Waals surface area (Å²) < 4.78 is 82.6. The maximum Gasteiger partial charge on any atom is 0.416 e. The minimum atomic E-state index is -4.63. The minimum Gasteiger partial charge on any atom is -0.390 e. The Hall–Kier alpha value is -2.47. The molecule has 1 saturated carbocycles. The molecular weight excluding hydrogens is 605 g/mol. The number of carbonyl (C=O) groups excluding carboxylic acids is 1. The van der Waals surface area contributed by atoms with Crippen molar-refractivity contribution in [3.05, 3.63) is 63.2 Å². The molecule has 4 atom stereocenters. The van der Waals surface area contributed by atoms with E-state index in [0.29, 0.717) is 0 Å². The van der Waals surface area contributed by atoms with Crippen molar-refractivity contribution < 1.29 is 39.9 Å². The number of aliphatic hydroxyl groups excluding tert-OH is 1. The van der Waals surface area contributed by atoms with Crippen LogP contribution in [0.5, 0.6) is 0 Å². The first kappa shape index (κ1) is 29.5. The first-order valence-electron chi connectivity index (χ1n) is 11.1. The SMILES string of the molecule is CNS(=O)(=O)O[C@@H]1C[C@H](Nc2ncncc2C(=O)c2cc([S@](=O)c3cccc(C(F)(F)F)c3)c(Cl)s2)C[C@@H]1O. The number of aromatic nitrogens is 2.